The van der Waals surface area contributed by atoms with Gasteiger partial charge in [-0.2, -0.15) is 0 Å². The van der Waals surface area contributed by atoms with E-state index in [1.807, 2.05) is 25.1 Å². The van der Waals surface area contributed by atoms with Gasteiger partial charge in [0.2, 0.25) is 0 Å². The number of halogens is 1. The first-order chi connectivity index (χ1) is 12.1. The van der Waals surface area contributed by atoms with Crippen LogP contribution in [-0.2, 0) is 4.74 Å². The lowest BCUT2D eigenvalue weighted by Gasteiger charge is -2.12. The maximum Gasteiger partial charge on any atom is 0.183 e. The molecule has 0 atom stereocenters. The Balaban J connectivity index is 2.11. The molecule has 0 fully saturated rings. The lowest BCUT2D eigenvalue weighted by Crippen LogP contribution is -2.04. The first-order valence-electron chi connectivity index (χ1n) is 7.81. The molecule has 0 bridgehead atoms. The second-order valence-corrected chi connectivity index (χ2v) is 6.27. The molecule has 0 amide bonds. The monoisotopic (exact) mass is 355 g/mol. The third-order valence-corrected chi connectivity index (χ3v) is 4.56. The van der Waals surface area contributed by atoms with Gasteiger partial charge in [0.25, 0.3) is 0 Å². The molecule has 0 radical (unpaired) electrons. The van der Waals surface area contributed by atoms with Crippen LogP contribution in [0, 0.1) is 5.82 Å². The summed E-state index contributed by atoms with van der Waals surface area (Å²) in [5.41, 5.74) is 8.32. The number of nitrogens with zero attached hydrogens (tertiary/aromatic N) is 1. The summed E-state index contributed by atoms with van der Waals surface area (Å²) in [5.74, 6) is -0.0427. The van der Waals surface area contributed by atoms with Gasteiger partial charge in [-0.3, -0.25) is 0 Å². The molecule has 2 aromatic carbocycles. The van der Waals surface area contributed by atoms with Crippen LogP contribution >= 0.6 is 11.3 Å². The van der Waals surface area contributed by atoms with Crippen LogP contribution in [0.4, 0.5) is 9.52 Å². The molecule has 0 unspecified atom stereocenters. The van der Waals surface area contributed by atoms with E-state index in [0.29, 0.717) is 5.76 Å². The minimum Gasteiger partial charge on any atom is -0.463 e. The van der Waals surface area contributed by atoms with Crippen LogP contribution in [0.1, 0.15) is 18.1 Å². The van der Waals surface area contributed by atoms with Crippen LogP contribution in [-0.4, -0.2) is 11.5 Å². The highest BCUT2D eigenvalue weighted by Gasteiger charge is 2.14. The molecule has 128 valence electrons. The molecule has 25 heavy (non-hydrogen) atoms. The fourth-order valence-corrected chi connectivity index (χ4v) is 3.44. The molecule has 0 aliphatic carbocycles. The molecule has 0 aliphatic rings. The van der Waals surface area contributed by atoms with Crippen LogP contribution < -0.4 is 11.1 Å². The summed E-state index contributed by atoms with van der Waals surface area (Å²) in [6, 6.07) is 12.0. The fourth-order valence-electron chi connectivity index (χ4n) is 2.47. The van der Waals surface area contributed by atoms with Crippen molar-refractivity contribution in [3.8, 4) is 0 Å². The van der Waals surface area contributed by atoms with Gasteiger partial charge in [-0.25, -0.2) is 9.37 Å². The van der Waals surface area contributed by atoms with Gasteiger partial charge < -0.3 is 15.8 Å². The summed E-state index contributed by atoms with van der Waals surface area (Å²) < 4.78 is 20.6. The molecule has 0 saturated heterocycles. The van der Waals surface area contributed by atoms with Crippen molar-refractivity contribution in [2.75, 3.05) is 11.9 Å². The molecule has 3 rings (SSSR count). The number of anilines is 1. The van der Waals surface area contributed by atoms with Crippen molar-refractivity contribution < 1.29 is 9.13 Å². The van der Waals surface area contributed by atoms with Crippen molar-refractivity contribution >= 4 is 38.1 Å². The summed E-state index contributed by atoms with van der Waals surface area (Å²) in [6.45, 7) is 6.41. The van der Waals surface area contributed by atoms with Gasteiger partial charge in [0, 0.05) is 17.7 Å². The fraction of sp³-hybridized carbons (Fsp3) is 0.105. The van der Waals surface area contributed by atoms with E-state index in [9.17, 15) is 4.39 Å². The zero-order valence-electron chi connectivity index (χ0n) is 13.8. The van der Waals surface area contributed by atoms with Crippen LogP contribution in [0.25, 0.3) is 21.7 Å². The summed E-state index contributed by atoms with van der Waals surface area (Å²) in [7, 11) is 0. The number of ether oxygens (including phenoxy) is 1. The Bertz CT molecular complexity index is 949. The maximum absolute atomic E-state index is 14.1. The molecule has 0 spiro atoms. The summed E-state index contributed by atoms with van der Waals surface area (Å²) in [5, 5.41) is 4.05. The maximum atomic E-state index is 14.1. The average Bonchev–Trinajstić information content (AvgIpc) is 3.01. The number of hydrogen-bond acceptors (Lipinski definition) is 5. The Labute approximate surface area is 149 Å². The lowest BCUT2D eigenvalue weighted by molar-refractivity contribution is 0.439. The van der Waals surface area contributed by atoms with Gasteiger partial charge in [-0.15, -0.1) is 0 Å². The van der Waals surface area contributed by atoms with Crippen LogP contribution in [0.5, 0.6) is 0 Å². The smallest absolute Gasteiger partial charge is 0.183 e. The summed E-state index contributed by atoms with van der Waals surface area (Å²) in [6.07, 6.45) is 1.28. The van der Waals surface area contributed by atoms with Crippen LogP contribution in [0.3, 0.4) is 0 Å². The lowest BCUT2D eigenvalue weighted by atomic mass is 10.1. The number of hydrogen-bond donors (Lipinski definition) is 2. The molecule has 6 heteroatoms. The number of thiazole rings is 1. The zero-order chi connectivity index (χ0) is 17.8. The first kappa shape index (κ1) is 17.0. The molecular formula is C19H18FN3OS. The minimum absolute atomic E-state index is 0.216. The number of nitrogens with one attached hydrogen (secondary N) is 1. The van der Waals surface area contributed by atoms with Gasteiger partial charge in [0.1, 0.15) is 5.82 Å². The SMILES string of the molecule is C=CO/C(=C(\N)c1ccccc1F)c1ccc2nc(NCC)sc2c1. The van der Waals surface area contributed by atoms with Crippen molar-refractivity contribution in [2.45, 2.75) is 6.92 Å². The largest absolute Gasteiger partial charge is 0.463 e. The van der Waals surface area contributed by atoms with Gasteiger partial charge in [-0.1, -0.05) is 30.0 Å². The number of aromatic nitrogens is 1. The number of rotatable bonds is 6. The van der Waals surface area contributed by atoms with E-state index in [0.717, 1.165) is 27.5 Å². The predicted molar refractivity (Wildman–Crippen MR) is 102 cm³/mol. The van der Waals surface area contributed by atoms with Crippen molar-refractivity contribution in [3.05, 3.63) is 72.2 Å². The molecule has 1 heterocycles. The van der Waals surface area contributed by atoms with Crippen molar-refractivity contribution in [1.29, 1.82) is 0 Å². The van der Waals surface area contributed by atoms with Crippen molar-refractivity contribution in [3.63, 3.8) is 0 Å². The standard InChI is InChI=1S/C19H18FN3OS/c1-3-22-19-23-15-10-9-12(11-16(15)25-19)18(24-4-2)17(21)13-7-5-6-8-14(13)20/h4-11H,2-3,21H2,1H3,(H,22,23)/b18-17-. The van der Waals surface area contributed by atoms with E-state index in [2.05, 4.69) is 16.9 Å². The van der Waals surface area contributed by atoms with Gasteiger partial charge in [0.15, 0.2) is 10.9 Å². The van der Waals surface area contributed by atoms with E-state index in [4.69, 9.17) is 10.5 Å². The van der Waals surface area contributed by atoms with Crippen LogP contribution in [0.15, 0.2) is 55.3 Å². The van der Waals surface area contributed by atoms with E-state index in [1.165, 1.54) is 12.3 Å². The molecule has 1 aromatic heterocycles. The highest BCUT2D eigenvalue weighted by atomic mass is 32.1. The van der Waals surface area contributed by atoms with E-state index in [-0.39, 0.29) is 11.3 Å². The topological polar surface area (TPSA) is 60.2 Å². The quantitative estimate of drug-likeness (QED) is 0.492. The molecule has 0 aliphatic heterocycles. The van der Waals surface area contributed by atoms with Crippen LogP contribution in [0.2, 0.25) is 0 Å². The Morgan fingerprint density at radius 1 is 1.36 bits per heavy atom. The second kappa shape index (κ2) is 7.36. The first-order valence-corrected chi connectivity index (χ1v) is 8.62. The number of benzene rings is 2. The highest BCUT2D eigenvalue weighted by molar-refractivity contribution is 7.22. The minimum atomic E-state index is -0.404. The Hall–Kier alpha value is -2.86. The molecule has 0 saturated carbocycles. The third kappa shape index (κ3) is 3.49. The van der Waals surface area contributed by atoms with Gasteiger partial charge >= 0.3 is 0 Å². The predicted octanol–water partition coefficient (Wildman–Crippen LogP) is 4.81. The van der Waals surface area contributed by atoms with Gasteiger partial charge in [-0.05, 0) is 37.3 Å². The van der Waals surface area contributed by atoms with Crippen molar-refractivity contribution in [2.24, 2.45) is 5.73 Å². The van der Waals surface area contributed by atoms with Gasteiger partial charge in [0.05, 0.1) is 22.2 Å². The van der Waals surface area contributed by atoms with E-state index >= 15 is 0 Å². The molecular weight excluding hydrogens is 337 g/mol. The highest BCUT2D eigenvalue weighted by Crippen LogP contribution is 2.31. The number of nitrogens with two attached hydrogens (primary N) is 1. The Morgan fingerprint density at radius 3 is 2.88 bits per heavy atom. The number of fused-ring (bicyclic) bond motifs is 1. The van der Waals surface area contributed by atoms with E-state index in [1.54, 1.807) is 29.5 Å². The Kier molecular flexibility index (Phi) is 5.00. The molecule has 3 aromatic rings. The molecule has 4 nitrogen and oxygen atoms in total. The Morgan fingerprint density at radius 2 is 2.16 bits per heavy atom. The summed E-state index contributed by atoms with van der Waals surface area (Å²) >= 11 is 1.54. The molecule has 3 N–H and O–H groups in total. The summed E-state index contributed by atoms with van der Waals surface area (Å²) in [4.78, 5) is 4.51. The second-order valence-electron chi connectivity index (χ2n) is 5.24. The normalized spacial score (nSPS) is 11.9. The average molecular weight is 355 g/mol. The third-order valence-electron chi connectivity index (χ3n) is 3.59. The van der Waals surface area contributed by atoms with E-state index < -0.39 is 5.82 Å². The zero-order valence-corrected chi connectivity index (χ0v) is 14.6. The van der Waals surface area contributed by atoms with Crippen molar-refractivity contribution in [1.82, 2.24) is 4.98 Å².